The molecule has 1 N–H and O–H groups in total. The van der Waals surface area contributed by atoms with Crippen LogP contribution in [-0.4, -0.2) is 31.1 Å². The number of fused-ring (bicyclic) bond motifs is 1. The number of carbonyl (C=O) groups is 1. The molecule has 0 saturated heterocycles. The number of amides is 1. The summed E-state index contributed by atoms with van der Waals surface area (Å²) in [6, 6.07) is 9.62. The van der Waals surface area contributed by atoms with Gasteiger partial charge >= 0.3 is 0 Å². The van der Waals surface area contributed by atoms with Gasteiger partial charge in [-0.25, -0.2) is 4.98 Å². The lowest BCUT2D eigenvalue weighted by atomic mass is 10.2. The van der Waals surface area contributed by atoms with E-state index in [0.29, 0.717) is 11.5 Å². The van der Waals surface area contributed by atoms with E-state index in [1.54, 1.807) is 18.4 Å². The van der Waals surface area contributed by atoms with Crippen molar-refractivity contribution in [1.29, 1.82) is 0 Å². The smallest absolute Gasteiger partial charge is 0.265 e. The van der Waals surface area contributed by atoms with Crippen LogP contribution in [0.25, 0.3) is 9.53 Å². The number of ether oxygens (including phenoxy) is 1. The third-order valence-corrected chi connectivity index (χ3v) is 6.05. The van der Waals surface area contributed by atoms with Crippen molar-refractivity contribution in [3.63, 3.8) is 0 Å². The number of aromatic nitrogens is 1. The molecule has 1 amide bonds. The summed E-state index contributed by atoms with van der Waals surface area (Å²) >= 11 is 3.07. The van der Waals surface area contributed by atoms with E-state index in [9.17, 15) is 4.79 Å². The van der Waals surface area contributed by atoms with Crippen LogP contribution in [0.1, 0.15) is 29.1 Å². The maximum atomic E-state index is 12.5. The highest BCUT2D eigenvalue weighted by molar-refractivity contribution is 7.29. The summed E-state index contributed by atoms with van der Waals surface area (Å²) in [7, 11) is 1.66. The topological polar surface area (TPSA) is 54.5 Å². The van der Waals surface area contributed by atoms with Gasteiger partial charge in [-0.2, -0.15) is 0 Å². The molecule has 3 rings (SSSR count). The van der Waals surface area contributed by atoms with Crippen LogP contribution < -0.4 is 10.2 Å². The molecular weight excluding hydrogens is 354 g/mol. The predicted octanol–water partition coefficient (Wildman–Crippen LogP) is 4.60. The number of anilines is 2. The molecule has 0 saturated carbocycles. The van der Waals surface area contributed by atoms with Gasteiger partial charge in [-0.3, -0.25) is 4.79 Å². The summed E-state index contributed by atoms with van der Waals surface area (Å²) in [5, 5.41) is 3.97. The summed E-state index contributed by atoms with van der Waals surface area (Å²) < 4.78 is 6.19. The number of nitrogens with one attached hydrogen (secondary N) is 1. The van der Waals surface area contributed by atoms with Gasteiger partial charge < -0.3 is 15.0 Å². The van der Waals surface area contributed by atoms with E-state index < -0.39 is 0 Å². The summed E-state index contributed by atoms with van der Waals surface area (Å²) in [6.45, 7) is 6.63. The van der Waals surface area contributed by atoms with Crippen molar-refractivity contribution in [1.82, 2.24) is 4.98 Å². The molecular formula is C18H21N3O2S2. The van der Waals surface area contributed by atoms with Crippen molar-refractivity contribution in [2.24, 2.45) is 0 Å². The third kappa shape index (κ3) is 4.00. The molecule has 25 heavy (non-hydrogen) atoms. The van der Waals surface area contributed by atoms with Crippen LogP contribution in [-0.2, 0) is 11.3 Å². The Balaban J connectivity index is 1.76. The molecule has 2 heterocycles. The minimum absolute atomic E-state index is 0.103. The summed E-state index contributed by atoms with van der Waals surface area (Å²) in [5.74, 6) is -0.103. The van der Waals surface area contributed by atoms with E-state index in [4.69, 9.17) is 4.74 Å². The van der Waals surface area contributed by atoms with E-state index in [-0.39, 0.29) is 5.91 Å². The molecule has 0 spiro atoms. The van der Waals surface area contributed by atoms with Gasteiger partial charge in [0.25, 0.3) is 5.91 Å². The molecule has 1 aromatic carbocycles. The zero-order valence-electron chi connectivity index (χ0n) is 14.5. The number of thiazole rings is 1. The van der Waals surface area contributed by atoms with E-state index in [1.165, 1.54) is 11.3 Å². The first kappa shape index (κ1) is 17.8. The van der Waals surface area contributed by atoms with Crippen molar-refractivity contribution in [2.75, 3.05) is 30.4 Å². The molecule has 0 fully saturated rings. The quantitative estimate of drug-likeness (QED) is 0.655. The van der Waals surface area contributed by atoms with Crippen molar-refractivity contribution in [2.45, 2.75) is 20.5 Å². The predicted molar refractivity (Wildman–Crippen MR) is 106 cm³/mol. The monoisotopic (exact) mass is 375 g/mol. The highest BCUT2D eigenvalue weighted by atomic mass is 32.1. The number of methoxy groups -OCH3 is 1. The number of hydrogen-bond acceptors (Lipinski definition) is 6. The molecule has 3 aromatic rings. The SMILES string of the molecule is CCN(CC)c1nc2sc(C(=O)Nc3cccc(COC)c3)cc2s1. The fourth-order valence-corrected chi connectivity index (χ4v) is 4.80. The first-order valence-corrected chi connectivity index (χ1v) is 9.82. The Morgan fingerprint density at radius 3 is 2.72 bits per heavy atom. The summed E-state index contributed by atoms with van der Waals surface area (Å²) in [6.07, 6.45) is 0. The molecule has 0 radical (unpaired) electrons. The van der Waals surface area contributed by atoms with E-state index >= 15 is 0 Å². The van der Waals surface area contributed by atoms with Gasteiger partial charge in [0.1, 0.15) is 4.83 Å². The average Bonchev–Trinajstić information content (AvgIpc) is 3.16. The highest BCUT2D eigenvalue weighted by Crippen LogP contribution is 2.34. The zero-order valence-corrected chi connectivity index (χ0v) is 16.2. The van der Waals surface area contributed by atoms with Crippen LogP contribution in [0.3, 0.4) is 0 Å². The van der Waals surface area contributed by atoms with Crippen molar-refractivity contribution >= 4 is 48.9 Å². The molecule has 2 aromatic heterocycles. The van der Waals surface area contributed by atoms with Crippen LogP contribution in [0.4, 0.5) is 10.8 Å². The number of benzene rings is 1. The molecule has 0 aliphatic carbocycles. The lowest BCUT2D eigenvalue weighted by molar-refractivity contribution is 0.103. The molecule has 0 unspecified atom stereocenters. The van der Waals surface area contributed by atoms with Crippen molar-refractivity contribution in [3.8, 4) is 0 Å². The van der Waals surface area contributed by atoms with Crippen LogP contribution >= 0.6 is 22.7 Å². The fourth-order valence-electron chi connectivity index (χ4n) is 2.56. The van der Waals surface area contributed by atoms with E-state index in [0.717, 1.165) is 39.0 Å². The Bertz CT molecular complexity index is 837. The van der Waals surface area contributed by atoms with Crippen molar-refractivity contribution < 1.29 is 9.53 Å². The minimum atomic E-state index is -0.103. The Morgan fingerprint density at radius 1 is 1.24 bits per heavy atom. The van der Waals surface area contributed by atoms with Crippen LogP contribution in [0.15, 0.2) is 30.3 Å². The van der Waals surface area contributed by atoms with E-state index in [1.807, 2.05) is 30.3 Å². The standard InChI is InChI=1S/C18H21N3O2S2/c1-4-21(5-2)18-20-17-15(25-18)10-14(24-17)16(22)19-13-8-6-7-12(9-13)11-23-3/h6-10H,4-5,11H2,1-3H3,(H,19,22). The lowest BCUT2D eigenvalue weighted by Gasteiger charge is -2.16. The second-order valence-corrected chi connectivity index (χ2v) is 7.58. The van der Waals surface area contributed by atoms with Gasteiger partial charge in [-0.1, -0.05) is 23.5 Å². The van der Waals surface area contributed by atoms with Gasteiger partial charge in [0.15, 0.2) is 5.13 Å². The summed E-state index contributed by atoms with van der Waals surface area (Å²) in [4.78, 5) is 21.0. The zero-order chi connectivity index (χ0) is 17.8. The van der Waals surface area contributed by atoms with Gasteiger partial charge in [0.2, 0.25) is 0 Å². The maximum absolute atomic E-state index is 12.5. The van der Waals surface area contributed by atoms with Crippen LogP contribution in [0.2, 0.25) is 0 Å². The second-order valence-electron chi connectivity index (χ2n) is 5.54. The average molecular weight is 376 g/mol. The molecule has 132 valence electrons. The summed E-state index contributed by atoms with van der Waals surface area (Å²) in [5.41, 5.74) is 1.80. The number of hydrogen-bond donors (Lipinski definition) is 1. The molecule has 0 aliphatic heterocycles. The first-order chi connectivity index (χ1) is 12.1. The number of rotatable bonds is 7. The lowest BCUT2D eigenvalue weighted by Crippen LogP contribution is -2.21. The Hall–Kier alpha value is -1.96. The molecule has 5 nitrogen and oxygen atoms in total. The molecule has 0 bridgehead atoms. The molecule has 0 aliphatic rings. The number of carbonyl (C=O) groups excluding carboxylic acids is 1. The Morgan fingerprint density at radius 2 is 2.04 bits per heavy atom. The largest absolute Gasteiger partial charge is 0.380 e. The van der Waals surface area contributed by atoms with Gasteiger partial charge in [0, 0.05) is 25.9 Å². The normalized spacial score (nSPS) is 11.0. The van der Waals surface area contributed by atoms with Crippen molar-refractivity contribution in [3.05, 3.63) is 40.8 Å². The first-order valence-electron chi connectivity index (χ1n) is 8.19. The van der Waals surface area contributed by atoms with Gasteiger partial charge in [-0.15, -0.1) is 11.3 Å². The molecule has 7 heteroatoms. The Kier molecular flexibility index (Phi) is 5.67. The Labute approximate surface area is 155 Å². The third-order valence-electron chi connectivity index (χ3n) is 3.83. The van der Waals surface area contributed by atoms with Gasteiger partial charge in [0.05, 0.1) is 16.2 Å². The fraction of sp³-hybridized carbons (Fsp3) is 0.333. The van der Waals surface area contributed by atoms with Crippen LogP contribution in [0, 0.1) is 0 Å². The molecule has 0 atom stereocenters. The number of nitrogens with zero attached hydrogens (tertiary/aromatic N) is 2. The maximum Gasteiger partial charge on any atom is 0.265 e. The second kappa shape index (κ2) is 7.95. The minimum Gasteiger partial charge on any atom is -0.380 e. The highest BCUT2D eigenvalue weighted by Gasteiger charge is 2.16. The van der Waals surface area contributed by atoms with Gasteiger partial charge in [-0.05, 0) is 37.6 Å². The number of thiophene rings is 1. The van der Waals surface area contributed by atoms with E-state index in [2.05, 4.69) is 29.0 Å². The van der Waals surface area contributed by atoms with Crippen LogP contribution in [0.5, 0.6) is 0 Å².